The van der Waals surface area contributed by atoms with Crippen molar-refractivity contribution in [3.05, 3.63) is 29.8 Å². The predicted molar refractivity (Wildman–Crippen MR) is 75.7 cm³/mol. The highest BCUT2D eigenvalue weighted by Crippen LogP contribution is 2.17. The van der Waals surface area contributed by atoms with E-state index in [2.05, 4.69) is 0 Å². The zero-order valence-corrected chi connectivity index (χ0v) is 12.7. The number of carbonyl (C=O) groups is 1. The Kier molecular flexibility index (Phi) is 5.26. The summed E-state index contributed by atoms with van der Waals surface area (Å²) >= 11 is 0. The van der Waals surface area contributed by atoms with Crippen molar-refractivity contribution < 1.29 is 13.2 Å². The summed E-state index contributed by atoms with van der Waals surface area (Å²) < 4.78 is 26.3. The van der Waals surface area contributed by atoms with Gasteiger partial charge in [0.15, 0.2) is 5.78 Å². The monoisotopic (exact) mass is 283 g/mol. The van der Waals surface area contributed by atoms with Gasteiger partial charge in [-0.2, -0.15) is 4.31 Å². The molecule has 0 atom stereocenters. The van der Waals surface area contributed by atoms with Gasteiger partial charge in [0.2, 0.25) is 10.0 Å². The van der Waals surface area contributed by atoms with Gasteiger partial charge in [-0.3, -0.25) is 4.79 Å². The van der Waals surface area contributed by atoms with Gasteiger partial charge in [0.25, 0.3) is 0 Å². The first-order chi connectivity index (χ1) is 8.78. The van der Waals surface area contributed by atoms with Gasteiger partial charge in [0, 0.05) is 18.7 Å². The molecular weight excluding hydrogens is 262 g/mol. The normalized spacial score (nSPS) is 12.1. The number of nitrogens with zero attached hydrogens (tertiary/aromatic N) is 1. The van der Waals surface area contributed by atoms with Crippen LogP contribution in [0.15, 0.2) is 29.2 Å². The van der Waals surface area contributed by atoms with Crippen molar-refractivity contribution in [2.45, 2.75) is 32.6 Å². The van der Waals surface area contributed by atoms with Gasteiger partial charge in [0.05, 0.1) is 4.90 Å². The molecule has 5 heteroatoms. The fraction of sp³-hybridized carbons (Fsp3) is 0.500. The molecule has 1 aromatic carbocycles. The van der Waals surface area contributed by atoms with E-state index in [1.807, 2.05) is 20.8 Å². The highest BCUT2D eigenvalue weighted by molar-refractivity contribution is 7.89. The average molecular weight is 283 g/mol. The number of hydrogen-bond donors (Lipinski definition) is 0. The average Bonchev–Trinajstić information content (AvgIpc) is 2.35. The third kappa shape index (κ3) is 3.88. The summed E-state index contributed by atoms with van der Waals surface area (Å²) in [5, 5.41) is 0. The predicted octanol–water partition coefficient (Wildman–Crippen LogP) is 2.56. The second-order valence-corrected chi connectivity index (χ2v) is 6.87. The van der Waals surface area contributed by atoms with Crippen molar-refractivity contribution >= 4 is 15.8 Å². The zero-order chi connectivity index (χ0) is 14.6. The Bertz CT molecular complexity index is 532. The summed E-state index contributed by atoms with van der Waals surface area (Å²) in [5.41, 5.74) is 0.519. The molecule has 0 aromatic heterocycles. The quantitative estimate of drug-likeness (QED) is 0.754. The van der Waals surface area contributed by atoms with Crippen molar-refractivity contribution in [3.63, 3.8) is 0 Å². The second kappa shape index (κ2) is 6.30. The SMILES string of the molecule is CCN(CC(C)C)S(=O)(=O)c1ccc(C(C)=O)cc1. The maximum Gasteiger partial charge on any atom is 0.243 e. The number of hydrogen-bond acceptors (Lipinski definition) is 3. The molecule has 1 rings (SSSR count). The number of Topliss-reactive ketones (excluding diaryl/α,β-unsaturated/α-hetero) is 1. The van der Waals surface area contributed by atoms with Crippen molar-refractivity contribution in [2.75, 3.05) is 13.1 Å². The summed E-state index contributed by atoms with van der Waals surface area (Å²) in [6.07, 6.45) is 0. The molecule has 0 radical (unpaired) electrons. The van der Waals surface area contributed by atoms with Crippen molar-refractivity contribution in [3.8, 4) is 0 Å². The molecule has 0 fully saturated rings. The van der Waals surface area contributed by atoms with E-state index in [9.17, 15) is 13.2 Å². The molecule has 0 aliphatic heterocycles. The number of carbonyl (C=O) groups excluding carboxylic acids is 1. The Morgan fingerprint density at radius 2 is 1.74 bits per heavy atom. The van der Waals surface area contributed by atoms with Gasteiger partial charge in [-0.05, 0) is 25.0 Å². The minimum Gasteiger partial charge on any atom is -0.295 e. The van der Waals surface area contributed by atoms with Crippen LogP contribution >= 0.6 is 0 Å². The molecule has 0 bridgehead atoms. The van der Waals surface area contributed by atoms with Crippen molar-refractivity contribution in [2.24, 2.45) is 5.92 Å². The molecular formula is C14H21NO3S. The standard InChI is InChI=1S/C14H21NO3S/c1-5-15(10-11(2)3)19(17,18)14-8-6-13(7-9-14)12(4)16/h6-9,11H,5,10H2,1-4H3. The number of benzene rings is 1. The van der Waals surface area contributed by atoms with E-state index in [0.717, 1.165) is 0 Å². The van der Waals surface area contributed by atoms with Crippen LogP contribution < -0.4 is 0 Å². The molecule has 0 saturated carbocycles. The fourth-order valence-electron chi connectivity index (χ4n) is 1.82. The van der Waals surface area contributed by atoms with E-state index in [1.165, 1.54) is 23.4 Å². The molecule has 0 saturated heterocycles. The summed E-state index contributed by atoms with van der Waals surface area (Å²) in [6.45, 7) is 8.18. The minimum atomic E-state index is -3.47. The molecule has 4 nitrogen and oxygen atoms in total. The number of sulfonamides is 1. The van der Waals surface area contributed by atoms with Gasteiger partial charge < -0.3 is 0 Å². The number of ketones is 1. The van der Waals surface area contributed by atoms with Gasteiger partial charge in [0.1, 0.15) is 0 Å². The lowest BCUT2D eigenvalue weighted by molar-refractivity contribution is 0.101. The third-order valence-electron chi connectivity index (χ3n) is 2.82. The molecule has 106 valence electrons. The molecule has 0 N–H and O–H groups in total. The summed E-state index contributed by atoms with van der Waals surface area (Å²) in [4.78, 5) is 11.4. The maximum absolute atomic E-state index is 12.4. The first kappa shape index (κ1) is 15.9. The molecule has 1 aromatic rings. The van der Waals surface area contributed by atoms with Crippen molar-refractivity contribution in [1.29, 1.82) is 0 Å². The Hall–Kier alpha value is -1.20. The zero-order valence-electron chi connectivity index (χ0n) is 11.9. The van der Waals surface area contributed by atoms with Gasteiger partial charge >= 0.3 is 0 Å². The Balaban J connectivity index is 3.08. The Labute approximate surface area is 115 Å². The van der Waals surface area contributed by atoms with E-state index in [1.54, 1.807) is 12.1 Å². The van der Waals surface area contributed by atoms with Crippen LogP contribution in [0.2, 0.25) is 0 Å². The second-order valence-electron chi connectivity index (χ2n) is 4.93. The largest absolute Gasteiger partial charge is 0.295 e. The van der Waals surface area contributed by atoms with Crippen LogP contribution in [0, 0.1) is 5.92 Å². The maximum atomic E-state index is 12.4. The van der Waals surface area contributed by atoms with Crippen LogP contribution in [0.3, 0.4) is 0 Å². The minimum absolute atomic E-state index is 0.0709. The molecule has 19 heavy (non-hydrogen) atoms. The van der Waals surface area contributed by atoms with Gasteiger partial charge in [-0.25, -0.2) is 8.42 Å². The lowest BCUT2D eigenvalue weighted by atomic mass is 10.2. The van der Waals surface area contributed by atoms with Gasteiger partial charge in [-0.1, -0.05) is 32.9 Å². The van der Waals surface area contributed by atoms with Crippen LogP contribution in [0.4, 0.5) is 0 Å². The van der Waals surface area contributed by atoms with E-state index in [0.29, 0.717) is 18.7 Å². The van der Waals surface area contributed by atoms with Crippen LogP contribution in [-0.4, -0.2) is 31.6 Å². The highest BCUT2D eigenvalue weighted by atomic mass is 32.2. The van der Waals surface area contributed by atoms with E-state index < -0.39 is 10.0 Å². The topological polar surface area (TPSA) is 54.5 Å². The Morgan fingerprint density at radius 3 is 2.11 bits per heavy atom. The summed E-state index contributed by atoms with van der Waals surface area (Å²) in [7, 11) is -3.47. The Morgan fingerprint density at radius 1 is 1.21 bits per heavy atom. The summed E-state index contributed by atoms with van der Waals surface area (Å²) in [5.74, 6) is 0.199. The lowest BCUT2D eigenvalue weighted by Crippen LogP contribution is -2.34. The molecule has 0 unspecified atom stereocenters. The fourth-order valence-corrected chi connectivity index (χ4v) is 3.43. The van der Waals surface area contributed by atoms with Crippen LogP contribution in [0.25, 0.3) is 0 Å². The molecule has 0 aliphatic carbocycles. The van der Waals surface area contributed by atoms with Crippen LogP contribution in [-0.2, 0) is 10.0 Å². The molecule has 0 aliphatic rings. The van der Waals surface area contributed by atoms with E-state index in [4.69, 9.17) is 0 Å². The third-order valence-corrected chi connectivity index (χ3v) is 4.78. The first-order valence-electron chi connectivity index (χ1n) is 6.40. The van der Waals surface area contributed by atoms with E-state index in [-0.39, 0.29) is 16.6 Å². The highest BCUT2D eigenvalue weighted by Gasteiger charge is 2.23. The van der Waals surface area contributed by atoms with Crippen molar-refractivity contribution in [1.82, 2.24) is 4.31 Å². The number of rotatable bonds is 6. The van der Waals surface area contributed by atoms with Gasteiger partial charge in [-0.15, -0.1) is 0 Å². The van der Waals surface area contributed by atoms with Crippen LogP contribution in [0.5, 0.6) is 0 Å². The smallest absolute Gasteiger partial charge is 0.243 e. The molecule has 0 heterocycles. The summed E-state index contributed by atoms with van der Waals surface area (Å²) in [6, 6.07) is 6.10. The molecule has 0 amide bonds. The first-order valence-corrected chi connectivity index (χ1v) is 7.84. The lowest BCUT2D eigenvalue weighted by Gasteiger charge is -2.22. The molecule has 0 spiro atoms. The van der Waals surface area contributed by atoms with E-state index >= 15 is 0 Å². The van der Waals surface area contributed by atoms with Crippen LogP contribution in [0.1, 0.15) is 38.1 Å².